The second kappa shape index (κ2) is 7.08. The summed E-state index contributed by atoms with van der Waals surface area (Å²) >= 11 is -1.85. The number of benzene rings is 1. The number of carbonyl (C=O) groups excluding carboxylic acids is 1. The summed E-state index contributed by atoms with van der Waals surface area (Å²) < 4.78 is 1.30. The Morgan fingerprint density at radius 1 is 1.10 bits per heavy atom. The molecule has 0 atom stereocenters. The van der Waals surface area contributed by atoms with Gasteiger partial charge in [-0.3, -0.25) is 0 Å². The SMILES string of the molecule is C[Si](C)(C)/C(=C\CC(=O)c1ccccc1)[CH2][Sn]([CH3])([CH3])[CH3]. The van der Waals surface area contributed by atoms with Gasteiger partial charge in [0.05, 0.1) is 0 Å². The van der Waals surface area contributed by atoms with Crippen molar-refractivity contribution in [3.8, 4) is 0 Å². The first-order chi connectivity index (χ1) is 9.09. The molecule has 0 fully saturated rings. The van der Waals surface area contributed by atoms with E-state index in [9.17, 15) is 4.79 Å². The molecule has 0 unspecified atom stereocenters. The van der Waals surface area contributed by atoms with E-state index >= 15 is 0 Å². The third-order valence-electron chi connectivity index (χ3n) is 3.31. The van der Waals surface area contributed by atoms with Gasteiger partial charge in [0.1, 0.15) is 0 Å². The molecule has 0 amide bonds. The average molecular weight is 395 g/mol. The van der Waals surface area contributed by atoms with E-state index in [1.54, 1.807) is 5.20 Å². The Hall–Kier alpha value is -0.354. The third-order valence-corrected chi connectivity index (χ3v) is 10.7. The quantitative estimate of drug-likeness (QED) is 0.466. The molecule has 0 radical (unpaired) electrons. The van der Waals surface area contributed by atoms with E-state index in [4.69, 9.17) is 0 Å². The van der Waals surface area contributed by atoms with Gasteiger partial charge in [0.2, 0.25) is 0 Å². The van der Waals surface area contributed by atoms with Crippen LogP contribution in [0.3, 0.4) is 0 Å². The van der Waals surface area contributed by atoms with Gasteiger partial charge < -0.3 is 0 Å². The number of hydrogen-bond acceptors (Lipinski definition) is 1. The van der Waals surface area contributed by atoms with Crippen LogP contribution in [0.4, 0.5) is 0 Å². The Balaban J connectivity index is 2.85. The molecule has 0 aliphatic rings. The Morgan fingerprint density at radius 2 is 1.65 bits per heavy atom. The van der Waals surface area contributed by atoms with Crippen molar-refractivity contribution >= 4 is 32.2 Å². The normalized spacial score (nSPS) is 13.4. The second-order valence-corrected chi connectivity index (χ2v) is 28.5. The zero-order valence-electron chi connectivity index (χ0n) is 13.8. The van der Waals surface area contributed by atoms with Gasteiger partial charge in [0, 0.05) is 0 Å². The number of allylic oxidation sites excluding steroid dienone is 2. The van der Waals surface area contributed by atoms with E-state index in [-0.39, 0.29) is 5.78 Å². The zero-order valence-corrected chi connectivity index (χ0v) is 17.6. The molecule has 1 aromatic carbocycles. The molecule has 20 heavy (non-hydrogen) atoms. The molecule has 0 spiro atoms. The van der Waals surface area contributed by atoms with Crippen molar-refractivity contribution in [2.75, 3.05) is 0 Å². The van der Waals surface area contributed by atoms with Crippen molar-refractivity contribution in [2.45, 2.75) is 45.3 Å². The van der Waals surface area contributed by atoms with Gasteiger partial charge in [-0.15, -0.1) is 0 Å². The fourth-order valence-corrected chi connectivity index (χ4v) is 15.2. The first-order valence-corrected chi connectivity index (χ1v) is 21.5. The van der Waals surface area contributed by atoms with E-state index in [2.05, 4.69) is 40.5 Å². The molecule has 3 heteroatoms. The molecule has 0 N–H and O–H groups in total. The molecule has 110 valence electrons. The number of hydrogen-bond donors (Lipinski definition) is 0. The van der Waals surface area contributed by atoms with Gasteiger partial charge in [0.15, 0.2) is 0 Å². The first kappa shape index (κ1) is 17.7. The fraction of sp³-hybridized carbons (Fsp3) is 0.471. The molecule has 0 saturated heterocycles. The fourth-order valence-electron chi connectivity index (χ4n) is 2.17. The molecule has 1 aromatic rings. The van der Waals surface area contributed by atoms with Crippen LogP contribution < -0.4 is 0 Å². The first-order valence-electron chi connectivity index (χ1n) is 7.37. The molecular weight excluding hydrogens is 367 g/mol. The summed E-state index contributed by atoms with van der Waals surface area (Å²) in [5.74, 6) is 0.241. The van der Waals surface area contributed by atoms with Crippen molar-refractivity contribution in [1.29, 1.82) is 0 Å². The Morgan fingerprint density at radius 3 is 2.10 bits per heavy atom. The Labute approximate surface area is 129 Å². The van der Waals surface area contributed by atoms with Gasteiger partial charge >= 0.3 is 130 Å². The predicted molar refractivity (Wildman–Crippen MR) is 95.0 cm³/mol. The molecule has 0 bridgehead atoms. The van der Waals surface area contributed by atoms with Crippen LogP contribution in [0.1, 0.15) is 16.8 Å². The van der Waals surface area contributed by atoms with Crippen LogP contribution in [0.25, 0.3) is 0 Å². The van der Waals surface area contributed by atoms with Crippen molar-refractivity contribution in [3.63, 3.8) is 0 Å². The number of Topliss-reactive ketones (excluding diaryl/α,β-unsaturated/α-hetero) is 1. The summed E-state index contributed by atoms with van der Waals surface area (Å²) in [5.41, 5.74) is 0.831. The Kier molecular flexibility index (Phi) is 6.26. The third kappa shape index (κ3) is 6.40. The van der Waals surface area contributed by atoms with Gasteiger partial charge in [0.25, 0.3) is 0 Å². The van der Waals surface area contributed by atoms with Crippen LogP contribution in [-0.2, 0) is 0 Å². The molecule has 0 aliphatic heterocycles. The second-order valence-electron chi connectivity index (χ2n) is 7.71. The standard InChI is InChI=1S/C14H19OSi.3CH3.Sn/c1-12(16(2,3)4)10-11-14(15)13-8-6-5-7-9-13;;;;/h5-10H,1,11H2,2-4H3;3*1H3;/b12-10-;;;;. The van der Waals surface area contributed by atoms with E-state index in [0.29, 0.717) is 6.42 Å². The summed E-state index contributed by atoms with van der Waals surface area (Å²) in [5, 5.41) is 1.60. The number of rotatable bonds is 6. The zero-order chi connectivity index (χ0) is 15.4. The van der Waals surface area contributed by atoms with E-state index < -0.39 is 26.5 Å². The minimum absolute atomic E-state index is 0.241. The molecule has 0 aromatic heterocycles. The van der Waals surface area contributed by atoms with Crippen molar-refractivity contribution < 1.29 is 4.79 Å². The average Bonchev–Trinajstić information content (AvgIpc) is 2.32. The van der Waals surface area contributed by atoms with Crippen LogP contribution >= 0.6 is 0 Å². The van der Waals surface area contributed by atoms with Crippen LogP contribution in [0.5, 0.6) is 0 Å². The van der Waals surface area contributed by atoms with Crippen molar-refractivity contribution in [3.05, 3.63) is 47.2 Å². The van der Waals surface area contributed by atoms with Crippen molar-refractivity contribution in [1.82, 2.24) is 0 Å². The summed E-state index contributed by atoms with van der Waals surface area (Å²) in [6.07, 6.45) is 2.81. The molecular formula is C17H28OSiSn. The van der Waals surface area contributed by atoms with E-state index in [0.717, 1.165) is 5.56 Å². The monoisotopic (exact) mass is 396 g/mol. The van der Waals surface area contributed by atoms with Crippen molar-refractivity contribution in [2.24, 2.45) is 0 Å². The van der Waals surface area contributed by atoms with Gasteiger partial charge in [-0.25, -0.2) is 0 Å². The van der Waals surface area contributed by atoms with Crippen LogP contribution in [-0.4, -0.2) is 32.2 Å². The molecule has 1 nitrogen and oxygen atoms in total. The molecule has 1 rings (SSSR count). The van der Waals surface area contributed by atoms with E-state index in [1.165, 1.54) is 4.44 Å². The summed E-state index contributed by atoms with van der Waals surface area (Å²) in [7, 11) is -1.30. The minimum atomic E-state index is -1.85. The van der Waals surface area contributed by atoms with E-state index in [1.807, 2.05) is 30.3 Å². The molecule has 0 saturated carbocycles. The predicted octanol–water partition coefficient (Wildman–Crippen LogP) is 5.40. The summed E-state index contributed by atoms with van der Waals surface area (Å²) in [6.45, 7) is 7.18. The molecule has 0 aliphatic carbocycles. The van der Waals surface area contributed by atoms with Crippen LogP contribution in [0.15, 0.2) is 41.6 Å². The maximum atomic E-state index is 12.2. The van der Waals surface area contributed by atoms with Crippen LogP contribution in [0.2, 0.25) is 38.9 Å². The summed E-state index contributed by atoms with van der Waals surface area (Å²) in [4.78, 5) is 19.7. The maximum absolute atomic E-state index is 12.2. The number of carbonyl (C=O) groups is 1. The summed E-state index contributed by atoms with van der Waals surface area (Å²) in [6, 6.07) is 9.64. The van der Waals surface area contributed by atoms with Crippen LogP contribution in [0, 0.1) is 0 Å². The topological polar surface area (TPSA) is 17.1 Å². The molecule has 0 heterocycles. The van der Waals surface area contributed by atoms with Gasteiger partial charge in [-0.2, -0.15) is 0 Å². The van der Waals surface area contributed by atoms with Gasteiger partial charge in [-0.05, 0) is 0 Å². The Bertz CT molecular complexity index is 478. The number of ketones is 1. The van der Waals surface area contributed by atoms with Gasteiger partial charge in [-0.1, -0.05) is 0 Å².